The molecule has 3 aliphatic heterocycles. The van der Waals surface area contributed by atoms with Crippen molar-refractivity contribution in [3.8, 4) is 17.2 Å². The number of nitrogens with one attached hydrogen (secondary N) is 3. The molecule has 2 bridgehead atoms. The normalized spacial score (nSPS) is 18.2. The molecule has 59 heavy (non-hydrogen) atoms. The smallest absolute Gasteiger partial charge is 0.408 e. The number of aliphatic hydroxyl groups is 1. The van der Waals surface area contributed by atoms with Gasteiger partial charge in [-0.05, 0) is 108 Å². The number of carbonyl (C=O) groups excluding carboxylic acids is 2. The first kappa shape index (κ1) is 39.4. The van der Waals surface area contributed by atoms with E-state index in [-0.39, 0.29) is 36.1 Å². The van der Waals surface area contributed by atoms with Gasteiger partial charge in [0.05, 0.1) is 23.2 Å². The van der Waals surface area contributed by atoms with Crippen molar-refractivity contribution in [2.45, 2.75) is 44.2 Å². The van der Waals surface area contributed by atoms with E-state index in [1.165, 1.54) is 12.1 Å². The van der Waals surface area contributed by atoms with Crippen LogP contribution in [0.15, 0.2) is 132 Å². The summed E-state index contributed by atoms with van der Waals surface area (Å²) in [5.41, 5.74) is 4.49. The maximum absolute atomic E-state index is 13.2. The molecule has 12 nitrogen and oxygen atoms in total. The number of ether oxygens (including phenoxy) is 3. The van der Waals surface area contributed by atoms with E-state index >= 15 is 0 Å². The fourth-order valence-electron chi connectivity index (χ4n) is 7.88. The van der Waals surface area contributed by atoms with E-state index in [1.807, 2.05) is 78.9 Å². The Morgan fingerprint density at radius 1 is 0.814 bits per heavy atom. The molecule has 5 aromatic carbocycles. The molecule has 1 aromatic heterocycles. The van der Waals surface area contributed by atoms with Crippen LogP contribution in [0.2, 0.25) is 0 Å². The number of phenols is 1. The first-order chi connectivity index (χ1) is 28.8. The van der Waals surface area contributed by atoms with E-state index in [9.17, 15) is 24.6 Å². The van der Waals surface area contributed by atoms with Crippen LogP contribution in [0.3, 0.4) is 0 Å². The van der Waals surface area contributed by atoms with Gasteiger partial charge in [0.1, 0.15) is 30.0 Å². The number of alkyl carbamates (subject to hydrolysis) is 1. The van der Waals surface area contributed by atoms with Crippen molar-refractivity contribution in [1.82, 2.24) is 20.5 Å². The highest BCUT2D eigenvalue weighted by Crippen LogP contribution is 2.32. The maximum Gasteiger partial charge on any atom is 0.408 e. The first-order valence-corrected chi connectivity index (χ1v) is 19.9. The van der Waals surface area contributed by atoms with Gasteiger partial charge in [-0.2, -0.15) is 0 Å². The SMILES string of the molecule is O=C(NC(c1ccccc1)c1cccc(OCc2ccc(C(=O)Oc3ccc(CNC[C@@H](O)c4ccc(O)c5[nH]c(=O)ccc45)cc3)cc2)c1)O[C@H]1CN2CCC1CC2. The molecule has 6 aromatic rings. The Hall–Kier alpha value is -6.47. The Balaban J connectivity index is 0.821. The second-order valence-electron chi connectivity index (χ2n) is 15.1. The predicted octanol–water partition coefficient (Wildman–Crippen LogP) is 6.76. The third-order valence-corrected chi connectivity index (χ3v) is 11.1. The quantitative estimate of drug-likeness (QED) is 0.0588. The van der Waals surface area contributed by atoms with E-state index in [4.69, 9.17) is 14.2 Å². The number of hydrogen-bond donors (Lipinski definition) is 5. The summed E-state index contributed by atoms with van der Waals surface area (Å²) >= 11 is 0. The monoisotopic (exact) mass is 794 g/mol. The molecule has 3 fully saturated rings. The molecule has 0 radical (unpaired) electrons. The van der Waals surface area contributed by atoms with Crippen molar-refractivity contribution < 1.29 is 34.0 Å². The molecule has 0 aliphatic carbocycles. The highest BCUT2D eigenvalue weighted by atomic mass is 16.6. The van der Waals surface area contributed by atoms with Gasteiger partial charge in [-0.15, -0.1) is 0 Å². The molecule has 4 heterocycles. The van der Waals surface area contributed by atoms with Crippen LogP contribution < -0.4 is 25.7 Å². The minimum Gasteiger partial charge on any atom is -0.506 e. The second kappa shape index (κ2) is 18.0. The molecular formula is C47H46N4O8. The predicted molar refractivity (Wildman–Crippen MR) is 222 cm³/mol. The van der Waals surface area contributed by atoms with Crippen molar-refractivity contribution in [1.29, 1.82) is 0 Å². The molecule has 12 heteroatoms. The molecule has 3 atom stereocenters. The number of aromatic hydroxyl groups is 1. The number of aromatic amines is 1. The number of amides is 1. The first-order valence-electron chi connectivity index (χ1n) is 19.9. The summed E-state index contributed by atoms with van der Waals surface area (Å²) in [5, 5.41) is 27.9. The number of aliphatic hydroxyl groups excluding tert-OH is 1. The van der Waals surface area contributed by atoms with Gasteiger partial charge in [0.15, 0.2) is 0 Å². The van der Waals surface area contributed by atoms with E-state index in [1.54, 1.807) is 36.4 Å². The van der Waals surface area contributed by atoms with Crippen LogP contribution in [0, 0.1) is 5.92 Å². The fourth-order valence-corrected chi connectivity index (χ4v) is 7.88. The standard InChI is InChI=1S/C47H46N4O8/c52-40-19-17-38(39-18-20-43(54)49-45(39)40)41(53)27-48-26-30-11-15-36(16-12-30)58-46(55)34-13-9-31(10-14-34)29-57-37-8-4-7-35(25-37)44(33-5-2-1-3-6-33)50-47(56)59-42-28-51-23-21-32(42)22-24-51/h1-20,25,32,41-42,44,48,52-53H,21-24,26-29H2,(H,49,54)(H,50,56)/t41-,42+,44?/m1/s1. The number of fused-ring (bicyclic) bond motifs is 4. The zero-order valence-electron chi connectivity index (χ0n) is 32.4. The number of nitrogens with zero attached hydrogens (tertiary/aromatic N) is 1. The van der Waals surface area contributed by atoms with Crippen molar-refractivity contribution in [3.63, 3.8) is 0 Å². The zero-order valence-corrected chi connectivity index (χ0v) is 32.4. The number of aromatic nitrogens is 1. The van der Waals surface area contributed by atoms with E-state index in [0.717, 1.165) is 54.7 Å². The number of hydrogen-bond acceptors (Lipinski definition) is 10. The average molecular weight is 795 g/mol. The van der Waals surface area contributed by atoms with E-state index in [0.29, 0.717) is 40.5 Å². The number of H-pyrrole nitrogens is 1. The Labute approximate surface area is 341 Å². The van der Waals surface area contributed by atoms with Crippen LogP contribution in [0.1, 0.15) is 63.2 Å². The highest BCUT2D eigenvalue weighted by molar-refractivity contribution is 5.91. The van der Waals surface area contributed by atoms with Crippen LogP contribution in [-0.4, -0.2) is 64.4 Å². The maximum atomic E-state index is 13.2. The summed E-state index contributed by atoms with van der Waals surface area (Å²) in [6, 6.07) is 37.2. The zero-order chi connectivity index (χ0) is 40.7. The Kier molecular flexibility index (Phi) is 12.0. The summed E-state index contributed by atoms with van der Waals surface area (Å²) < 4.78 is 17.8. The second-order valence-corrected chi connectivity index (χ2v) is 15.1. The lowest BCUT2D eigenvalue weighted by Crippen LogP contribution is -2.52. The largest absolute Gasteiger partial charge is 0.506 e. The van der Waals surface area contributed by atoms with Gasteiger partial charge >= 0.3 is 12.1 Å². The van der Waals surface area contributed by atoms with Crippen molar-refractivity contribution in [3.05, 3.63) is 171 Å². The van der Waals surface area contributed by atoms with Crippen LogP contribution in [0.5, 0.6) is 17.2 Å². The Bertz CT molecular complexity index is 2450. The third kappa shape index (κ3) is 9.64. The number of pyridine rings is 1. The van der Waals surface area contributed by atoms with Gasteiger partial charge in [0, 0.05) is 31.1 Å². The summed E-state index contributed by atoms with van der Waals surface area (Å²) in [7, 11) is 0. The molecule has 1 unspecified atom stereocenters. The number of piperidine rings is 3. The van der Waals surface area contributed by atoms with Crippen LogP contribution in [0.25, 0.3) is 10.9 Å². The third-order valence-electron chi connectivity index (χ3n) is 11.1. The molecule has 3 aliphatic rings. The molecule has 0 spiro atoms. The van der Waals surface area contributed by atoms with Crippen molar-refractivity contribution in [2.75, 3.05) is 26.2 Å². The molecule has 9 rings (SSSR count). The van der Waals surface area contributed by atoms with Gasteiger partial charge in [0.25, 0.3) is 0 Å². The van der Waals surface area contributed by atoms with E-state index < -0.39 is 24.2 Å². The summed E-state index contributed by atoms with van der Waals surface area (Å²) in [6.07, 6.45) is 0.720. The van der Waals surface area contributed by atoms with Crippen LogP contribution in [0.4, 0.5) is 4.79 Å². The van der Waals surface area contributed by atoms with Gasteiger partial charge in [0.2, 0.25) is 5.56 Å². The number of rotatable bonds is 14. The summed E-state index contributed by atoms with van der Waals surface area (Å²) in [5.74, 6) is 0.890. The molecule has 0 saturated carbocycles. The molecule has 5 N–H and O–H groups in total. The van der Waals surface area contributed by atoms with Gasteiger partial charge in [-0.3, -0.25) is 9.69 Å². The number of carbonyl (C=O) groups is 2. The van der Waals surface area contributed by atoms with Gasteiger partial charge < -0.3 is 40.0 Å². The van der Waals surface area contributed by atoms with Gasteiger partial charge in [-0.1, -0.05) is 72.8 Å². The summed E-state index contributed by atoms with van der Waals surface area (Å²) in [4.78, 5) is 42.9. The number of benzene rings is 5. The minimum absolute atomic E-state index is 0.0638. The highest BCUT2D eigenvalue weighted by Gasteiger charge is 2.37. The number of esters is 1. The lowest BCUT2D eigenvalue weighted by atomic mass is 9.86. The summed E-state index contributed by atoms with van der Waals surface area (Å²) in [6.45, 7) is 3.88. The van der Waals surface area contributed by atoms with Gasteiger partial charge in [-0.25, -0.2) is 9.59 Å². The topological polar surface area (TPSA) is 162 Å². The lowest BCUT2D eigenvalue weighted by Gasteiger charge is -2.43. The van der Waals surface area contributed by atoms with Crippen molar-refractivity contribution >= 4 is 23.0 Å². The molecule has 302 valence electrons. The van der Waals surface area contributed by atoms with E-state index in [2.05, 4.69) is 20.5 Å². The molecular weight excluding hydrogens is 749 g/mol. The molecule has 1 amide bonds. The lowest BCUT2D eigenvalue weighted by molar-refractivity contribution is -0.0336. The Morgan fingerprint density at radius 3 is 2.31 bits per heavy atom. The van der Waals surface area contributed by atoms with Crippen LogP contribution >= 0.6 is 0 Å². The minimum atomic E-state index is -0.883. The molecule has 3 saturated heterocycles. The van der Waals surface area contributed by atoms with Crippen molar-refractivity contribution in [2.24, 2.45) is 5.92 Å². The average Bonchev–Trinajstić information content (AvgIpc) is 3.26. The van der Waals surface area contributed by atoms with Crippen LogP contribution in [-0.2, 0) is 17.9 Å². The number of phenolic OH excluding ortho intramolecular Hbond substituents is 1. The Morgan fingerprint density at radius 2 is 1.56 bits per heavy atom. The fraction of sp³-hybridized carbons (Fsp3) is 0.255.